The van der Waals surface area contributed by atoms with Crippen molar-refractivity contribution in [2.75, 3.05) is 11.9 Å². The van der Waals surface area contributed by atoms with Crippen molar-refractivity contribution in [3.8, 4) is 18.1 Å². The molecule has 126 valence electrons. The van der Waals surface area contributed by atoms with Crippen LogP contribution in [0.5, 0.6) is 5.75 Å². The molecule has 2 aromatic rings. The fraction of sp³-hybridized carbons (Fsp3) is 0.222. The SMILES string of the molecule is C#Cc1ccc(NC(=O)NC2C3COc4c(F)ccc(F)c4C32)nc1. The van der Waals surface area contributed by atoms with Gasteiger partial charge in [-0.3, -0.25) is 5.32 Å². The molecular weight excluding hydrogens is 328 g/mol. The standard InChI is InChI=1S/C18H13F2N3O2/c1-2-9-3-6-13(21-7-9)22-18(24)23-16-10-8-25-17-12(20)5-4-11(19)15(17)14(10)16/h1,3-7,10,14,16H,8H2,(H2,21,22,23,24). The lowest BCUT2D eigenvalue weighted by Gasteiger charge is -2.16. The highest BCUT2D eigenvalue weighted by molar-refractivity contribution is 5.89. The van der Waals surface area contributed by atoms with Gasteiger partial charge in [0.1, 0.15) is 11.6 Å². The van der Waals surface area contributed by atoms with Crippen LogP contribution in [0.25, 0.3) is 0 Å². The fourth-order valence-corrected chi connectivity index (χ4v) is 3.21. The number of aromatic nitrogens is 1. The molecule has 1 aromatic carbocycles. The number of carbonyl (C=O) groups is 1. The van der Waals surface area contributed by atoms with Gasteiger partial charge in [0.25, 0.3) is 0 Å². The van der Waals surface area contributed by atoms with Crippen LogP contribution in [0.3, 0.4) is 0 Å². The summed E-state index contributed by atoms with van der Waals surface area (Å²) in [4.78, 5) is 16.1. The summed E-state index contributed by atoms with van der Waals surface area (Å²) in [7, 11) is 0. The van der Waals surface area contributed by atoms with Gasteiger partial charge in [-0.25, -0.2) is 18.6 Å². The van der Waals surface area contributed by atoms with Crippen LogP contribution in [0, 0.1) is 29.9 Å². The molecule has 2 amide bonds. The summed E-state index contributed by atoms with van der Waals surface area (Å²) < 4.78 is 33.2. The van der Waals surface area contributed by atoms with Crippen LogP contribution in [0.1, 0.15) is 17.0 Å². The lowest BCUT2D eigenvalue weighted by molar-refractivity contribution is 0.247. The molecule has 2 aliphatic rings. The van der Waals surface area contributed by atoms with Gasteiger partial charge in [-0.1, -0.05) is 5.92 Å². The number of pyridine rings is 1. The van der Waals surface area contributed by atoms with E-state index in [2.05, 4.69) is 21.5 Å². The molecule has 1 fully saturated rings. The van der Waals surface area contributed by atoms with Crippen LogP contribution in [0.2, 0.25) is 0 Å². The van der Waals surface area contributed by atoms with E-state index in [0.717, 1.165) is 12.1 Å². The lowest BCUT2D eigenvalue weighted by atomic mass is 10.0. The Morgan fingerprint density at radius 2 is 2.08 bits per heavy atom. The number of ether oxygens (including phenoxy) is 1. The first-order valence-corrected chi connectivity index (χ1v) is 7.69. The summed E-state index contributed by atoms with van der Waals surface area (Å²) >= 11 is 0. The van der Waals surface area contributed by atoms with Crippen molar-refractivity contribution >= 4 is 11.8 Å². The number of carbonyl (C=O) groups excluding carboxylic acids is 1. The highest BCUT2D eigenvalue weighted by Crippen LogP contribution is 2.55. The number of amides is 2. The van der Waals surface area contributed by atoms with Gasteiger partial charge < -0.3 is 10.1 Å². The summed E-state index contributed by atoms with van der Waals surface area (Å²) in [6.45, 7) is 0.234. The third-order valence-electron chi connectivity index (χ3n) is 4.49. The normalized spacial score (nSPS) is 22.7. The molecule has 2 heterocycles. The molecule has 1 saturated carbocycles. The van der Waals surface area contributed by atoms with Gasteiger partial charge >= 0.3 is 6.03 Å². The van der Waals surface area contributed by atoms with Gasteiger partial charge in [0.05, 0.1) is 6.61 Å². The van der Waals surface area contributed by atoms with Crippen LogP contribution in [-0.2, 0) is 0 Å². The van der Waals surface area contributed by atoms with Crippen LogP contribution >= 0.6 is 0 Å². The van der Waals surface area contributed by atoms with E-state index in [1.54, 1.807) is 12.1 Å². The number of anilines is 1. The van der Waals surface area contributed by atoms with E-state index in [1.807, 2.05) is 0 Å². The molecule has 2 N–H and O–H groups in total. The molecule has 1 aliphatic heterocycles. The first-order chi connectivity index (χ1) is 12.1. The van der Waals surface area contributed by atoms with Gasteiger partial charge in [0, 0.05) is 35.2 Å². The Morgan fingerprint density at radius 1 is 1.28 bits per heavy atom. The summed E-state index contributed by atoms with van der Waals surface area (Å²) in [5.41, 5.74) is 0.795. The summed E-state index contributed by atoms with van der Waals surface area (Å²) in [5.74, 6) is 1.23. The molecule has 4 rings (SSSR count). The van der Waals surface area contributed by atoms with E-state index in [9.17, 15) is 13.6 Å². The number of nitrogens with one attached hydrogen (secondary N) is 2. The van der Waals surface area contributed by atoms with Crippen LogP contribution in [0.4, 0.5) is 19.4 Å². The van der Waals surface area contributed by atoms with Crippen LogP contribution < -0.4 is 15.4 Å². The number of terminal acetylenes is 1. The number of nitrogens with zero attached hydrogens (tertiary/aromatic N) is 1. The molecule has 5 nitrogen and oxygen atoms in total. The van der Waals surface area contributed by atoms with Crippen molar-refractivity contribution in [1.82, 2.24) is 10.3 Å². The van der Waals surface area contributed by atoms with Crippen molar-refractivity contribution in [3.63, 3.8) is 0 Å². The molecule has 3 unspecified atom stereocenters. The van der Waals surface area contributed by atoms with Gasteiger partial charge in [0.2, 0.25) is 0 Å². The minimum absolute atomic E-state index is 0.0579. The van der Waals surface area contributed by atoms with Crippen molar-refractivity contribution in [2.24, 2.45) is 5.92 Å². The number of hydrogen-bond donors (Lipinski definition) is 2. The number of hydrogen-bond acceptors (Lipinski definition) is 3. The quantitative estimate of drug-likeness (QED) is 0.826. The minimum Gasteiger partial charge on any atom is -0.490 e. The zero-order valence-electron chi connectivity index (χ0n) is 12.9. The molecule has 1 aliphatic carbocycles. The number of rotatable bonds is 2. The second-order valence-corrected chi connectivity index (χ2v) is 5.97. The number of fused-ring (bicyclic) bond motifs is 3. The summed E-state index contributed by atoms with van der Waals surface area (Å²) in [6, 6.07) is 4.56. The summed E-state index contributed by atoms with van der Waals surface area (Å²) in [6.07, 6.45) is 6.71. The fourth-order valence-electron chi connectivity index (χ4n) is 3.21. The van der Waals surface area contributed by atoms with Gasteiger partial charge in [0.15, 0.2) is 11.6 Å². The minimum atomic E-state index is -0.595. The van der Waals surface area contributed by atoms with E-state index in [4.69, 9.17) is 11.2 Å². The van der Waals surface area contributed by atoms with Crippen molar-refractivity contribution in [3.05, 3.63) is 53.2 Å². The van der Waals surface area contributed by atoms with E-state index >= 15 is 0 Å². The second kappa shape index (κ2) is 5.74. The van der Waals surface area contributed by atoms with Crippen LogP contribution in [-0.4, -0.2) is 23.7 Å². The molecule has 1 aromatic heterocycles. The zero-order chi connectivity index (χ0) is 17.6. The van der Waals surface area contributed by atoms with E-state index in [1.165, 1.54) is 6.20 Å². The maximum Gasteiger partial charge on any atom is 0.320 e. The topological polar surface area (TPSA) is 63.2 Å². The maximum absolute atomic E-state index is 14.1. The van der Waals surface area contributed by atoms with Gasteiger partial charge in [-0.05, 0) is 24.3 Å². The predicted octanol–water partition coefficient (Wildman–Crippen LogP) is 2.64. The zero-order valence-corrected chi connectivity index (χ0v) is 12.9. The first kappa shape index (κ1) is 15.4. The third-order valence-corrected chi connectivity index (χ3v) is 4.49. The predicted molar refractivity (Wildman–Crippen MR) is 86.2 cm³/mol. The Labute approximate surface area is 142 Å². The molecule has 0 spiro atoms. The first-order valence-electron chi connectivity index (χ1n) is 7.69. The number of urea groups is 1. The monoisotopic (exact) mass is 341 g/mol. The molecule has 3 atom stereocenters. The number of halogens is 2. The maximum atomic E-state index is 14.1. The van der Waals surface area contributed by atoms with Gasteiger partial charge in [-0.2, -0.15) is 0 Å². The number of benzene rings is 1. The highest BCUT2D eigenvalue weighted by Gasteiger charge is 2.57. The van der Waals surface area contributed by atoms with Crippen molar-refractivity contribution in [1.29, 1.82) is 0 Å². The highest BCUT2D eigenvalue weighted by atomic mass is 19.1. The van der Waals surface area contributed by atoms with Crippen molar-refractivity contribution in [2.45, 2.75) is 12.0 Å². The molecule has 0 radical (unpaired) electrons. The molecule has 0 saturated heterocycles. The largest absolute Gasteiger partial charge is 0.490 e. The van der Waals surface area contributed by atoms with Crippen LogP contribution in [0.15, 0.2) is 30.5 Å². The third kappa shape index (κ3) is 2.66. The molecular formula is C18H13F2N3O2. The Kier molecular flexibility index (Phi) is 3.53. The second-order valence-electron chi connectivity index (χ2n) is 5.97. The Hall–Kier alpha value is -3.14. The molecule has 0 bridgehead atoms. The van der Waals surface area contributed by atoms with E-state index in [-0.39, 0.29) is 35.8 Å². The van der Waals surface area contributed by atoms with Crippen molar-refractivity contribution < 1.29 is 18.3 Å². The Morgan fingerprint density at radius 3 is 2.80 bits per heavy atom. The average molecular weight is 341 g/mol. The van der Waals surface area contributed by atoms with E-state index < -0.39 is 17.7 Å². The summed E-state index contributed by atoms with van der Waals surface area (Å²) in [5, 5.41) is 5.35. The Balaban J connectivity index is 1.45. The average Bonchev–Trinajstić information content (AvgIpc) is 3.31. The van der Waals surface area contributed by atoms with Gasteiger partial charge in [-0.15, -0.1) is 6.42 Å². The Bertz CT molecular complexity index is 892. The lowest BCUT2D eigenvalue weighted by Crippen LogP contribution is -2.32. The smallest absolute Gasteiger partial charge is 0.320 e. The molecule has 25 heavy (non-hydrogen) atoms. The molecule has 7 heteroatoms. The van der Waals surface area contributed by atoms with E-state index in [0.29, 0.717) is 11.4 Å².